The highest BCUT2D eigenvalue weighted by atomic mass is 16.5. The summed E-state index contributed by atoms with van der Waals surface area (Å²) in [6.45, 7) is 6.54. The highest BCUT2D eigenvalue weighted by molar-refractivity contribution is 5.93. The number of benzene rings is 1. The van der Waals surface area contributed by atoms with Crippen LogP contribution in [-0.4, -0.2) is 23.5 Å². The highest BCUT2D eigenvalue weighted by Crippen LogP contribution is 2.09. The SMILES string of the molecule is Cc1ccc(CCNC(=O)c2ccc(OC(C)C)nc2)cc1. The standard InChI is InChI=1S/C18H22N2O2/c1-13(2)22-17-9-8-16(12-20-17)18(21)19-11-10-15-6-4-14(3)5-7-15/h4-9,12-13H,10-11H2,1-3H3,(H,19,21). The second-order valence-corrected chi connectivity index (χ2v) is 5.54. The molecule has 22 heavy (non-hydrogen) atoms. The van der Waals surface area contributed by atoms with E-state index in [9.17, 15) is 4.79 Å². The zero-order valence-electron chi connectivity index (χ0n) is 13.3. The van der Waals surface area contributed by atoms with Gasteiger partial charge < -0.3 is 10.1 Å². The summed E-state index contributed by atoms with van der Waals surface area (Å²) in [5.74, 6) is 0.418. The summed E-state index contributed by atoms with van der Waals surface area (Å²) in [6.07, 6.45) is 2.43. The molecule has 1 N–H and O–H groups in total. The second kappa shape index (κ2) is 7.59. The molecule has 0 saturated heterocycles. The van der Waals surface area contributed by atoms with E-state index >= 15 is 0 Å². The van der Waals surface area contributed by atoms with E-state index in [1.807, 2.05) is 13.8 Å². The maximum atomic E-state index is 12.0. The fourth-order valence-electron chi connectivity index (χ4n) is 2.00. The highest BCUT2D eigenvalue weighted by Gasteiger charge is 2.06. The van der Waals surface area contributed by atoms with Gasteiger partial charge in [0.05, 0.1) is 11.7 Å². The molecule has 1 heterocycles. The van der Waals surface area contributed by atoms with Crippen molar-refractivity contribution in [3.63, 3.8) is 0 Å². The summed E-state index contributed by atoms with van der Waals surface area (Å²) in [7, 11) is 0. The molecule has 2 aromatic rings. The molecule has 0 fully saturated rings. The van der Waals surface area contributed by atoms with E-state index < -0.39 is 0 Å². The molecule has 0 spiro atoms. The number of pyridine rings is 1. The van der Waals surface area contributed by atoms with Gasteiger partial charge in [-0.25, -0.2) is 4.98 Å². The first-order chi connectivity index (χ1) is 10.5. The van der Waals surface area contributed by atoms with E-state index in [2.05, 4.69) is 41.5 Å². The van der Waals surface area contributed by atoms with Crippen molar-refractivity contribution in [1.29, 1.82) is 0 Å². The fourth-order valence-corrected chi connectivity index (χ4v) is 2.00. The summed E-state index contributed by atoms with van der Waals surface area (Å²) in [4.78, 5) is 16.2. The van der Waals surface area contributed by atoms with Crippen LogP contribution in [0.5, 0.6) is 5.88 Å². The van der Waals surface area contributed by atoms with Crippen molar-refractivity contribution in [2.75, 3.05) is 6.54 Å². The van der Waals surface area contributed by atoms with Gasteiger partial charge in [-0.2, -0.15) is 0 Å². The largest absolute Gasteiger partial charge is 0.475 e. The second-order valence-electron chi connectivity index (χ2n) is 5.54. The van der Waals surface area contributed by atoms with Crippen LogP contribution in [0, 0.1) is 6.92 Å². The van der Waals surface area contributed by atoms with Crippen LogP contribution in [0.2, 0.25) is 0 Å². The van der Waals surface area contributed by atoms with Crippen LogP contribution in [0.15, 0.2) is 42.6 Å². The molecule has 0 saturated carbocycles. The molecule has 1 aromatic carbocycles. The molecule has 4 heteroatoms. The van der Waals surface area contributed by atoms with Crippen LogP contribution < -0.4 is 10.1 Å². The number of amides is 1. The summed E-state index contributed by atoms with van der Waals surface area (Å²) in [6, 6.07) is 11.8. The van der Waals surface area contributed by atoms with Crippen LogP contribution in [-0.2, 0) is 6.42 Å². The normalized spacial score (nSPS) is 10.5. The number of nitrogens with one attached hydrogen (secondary N) is 1. The lowest BCUT2D eigenvalue weighted by Gasteiger charge is -2.09. The number of aryl methyl sites for hydroxylation is 1. The average Bonchev–Trinajstić information content (AvgIpc) is 2.49. The zero-order valence-corrected chi connectivity index (χ0v) is 13.3. The van der Waals surface area contributed by atoms with Gasteiger partial charge in [0.25, 0.3) is 5.91 Å². The van der Waals surface area contributed by atoms with Gasteiger partial charge >= 0.3 is 0 Å². The molecule has 4 nitrogen and oxygen atoms in total. The maximum Gasteiger partial charge on any atom is 0.252 e. The molecule has 116 valence electrons. The third-order valence-electron chi connectivity index (χ3n) is 3.17. The number of nitrogens with zero attached hydrogens (tertiary/aromatic N) is 1. The lowest BCUT2D eigenvalue weighted by molar-refractivity contribution is 0.0953. The van der Waals surface area contributed by atoms with E-state index in [-0.39, 0.29) is 12.0 Å². The Labute approximate surface area is 131 Å². The van der Waals surface area contributed by atoms with Crippen molar-refractivity contribution < 1.29 is 9.53 Å². The molecule has 0 atom stereocenters. The van der Waals surface area contributed by atoms with Crippen LogP contribution in [0.25, 0.3) is 0 Å². The van der Waals surface area contributed by atoms with Crippen LogP contribution in [0.1, 0.15) is 35.3 Å². The number of carbonyl (C=O) groups excluding carboxylic acids is 1. The third kappa shape index (κ3) is 4.88. The Morgan fingerprint density at radius 1 is 1.18 bits per heavy atom. The van der Waals surface area contributed by atoms with Crippen LogP contribution in [0.4, 0.5) is 0 Å². The summed E-state index contributed by atoms with van der Waals surface area (Å²) in [5, 5.41) is 2.90. The Bertz CT molecular complexity index is 604. The average molecular weight is 298 g/mol. The first kappa shape index (κ1) is 16.0. The predicted molar refractivity (Wildman–Crippen MR) is 87.2 cm³/mol. The van der Waals surface area contributed by atoms with Crippen LogP contribution in [0.3, 0.4) is 0 Å². The van der Waals surface area contributed by atoms with E-state index in [0.29, 0.717) is 18.0 Å². The van der Waals surface area contributed by atoms with Crippen molar-refractivity contribution in [2.24, 2.45) is 0 Å². The number of rotatable bonds is 6. The molecule has 0 aliphatic rings. The summed E-state index contributed by atoms with van der Waals surface area (Å²) < 4.78 is 5.45. The number of aromatic nitrogens is 1. The van der Waals surface area contributed by atoms with E-state index in [1.165, 1.54) is 11.1 Å². The molecule has 2 rings (SSSR count). The van der Waals surface area contributed by atoms with Gasteiger partial charge in [-0.15, -0.1) is 0 Å². The smallest absolute Gasteiger partial charge is 0.252 e. The molecular formula is C18H22N2O2. The Morgan fingerprint density at radius 3 is 2.50 bits per heavy atom. The van der Waals surface area contributed by atoms with Crippen LogP contribution >= 0.6 is 0 Å². The van der Waals surface area contributed by atoms with Gasteiger partial charge in [-0.3, -0.25) is 4.79 Å². The maximum absolute atomic E-state index is 12.0. The minimum Gasteiger partial charge on any atom is -0.475 e. The molecule has 0 radical (unpaired) electrons. The van der Waals surface area contributed by atoms with Gasteiger partial charge in [0, 0.05) is 18.8 Å². The van der Waals surface area contributed by atoms with Crippen molar-refractivity contribution in [3.05, 3.63) is 59.3 Å². The Balaban J connectivity index is 1.83. The Morgan fingerprint density at radius 2 is 1.91 bits per heavy atom. The number of ether oxygens (including phenoxy) is 1. The van der Waals surface area contributed by atoms with Crippen molar-refractivity contribution >= 4 is 5.91 Å². The summed E-state index contributed by atoms with van der Waals surface area (Å²) in [5.41, 5.74) is 2.99. The van der Waals surface area contributed by atoms with Gasteiger partial charge in [-0.1, -0.05) is 29.8 Å². The number of hydrogen-bond acceptors (Lipinski definition) is 3. The van der Waals surface area contributed by atoms with Gasteiger partial charge in [0.2, 0.25) is 5.88 Å². The molecule has 0 aliphatic carbocycles. The first-order valence-electron chi connectivity index (χ1n) is 7.51. The summed E-state index contributed by atoms with van der Waals surface area (Å²) >= 11 is 0. The third-order valence-corrected chi connectivity index (χ3v) is 3.17. The Kier molecular flexibility index (Phi) is 5.53. The topological polar surface area (TPSA) is 51.2 Å². The van der Waals surface area contributed by atoms with E-state index in [4.69, 9.17) is 4.74 Å². The van der Waals surface area contributed by atoms with E-state index in [1.54, 1.807) is 18.3 Å². The molecule has 0 aliphatic heterocycles. The van der Waals surface area contributed by atoms with Gasteiger partial charge in [0.15, 0.2) is 0 Å². The van der Waals surface area contributed by atoms with Crippen molar-refractivity contribution in [2.45, 2.75) is 33.3 Å². The quantitative estimate of drug-likeness (QED) is 0.891. The lowest BCUT2D eigenvalue weighted by atomic mass is 10.1. The Hall–Kier alpha value is -2.36. The van der Waals surface area contributed by atoms with Gasteiger partial charge in [-0.05, 0) is 38.8 Å². The first-order valence-corrected chi connectivity index (χ1v) is 7.51. The molecule has 1 amide bonds. The van der Waals surface area contributed by atoms with Gasteiger partial charge in [0.1, 0.15) is 0 Å². The predicted octanol–water partition coefficient (Wildman–Crippen LogP) is 3.15. The minimum absolute atomic E-state index is 0.0710. The van der Waals surface area contributed by atoms with Crippen molar-refractivity contribution in [3.8, 4) is 5.88 Å². The monoisotopic (exact) mass is 298 g/mol. The van der Waals surface area contributed by atoms with Crippen molar-refractivity contribution in [1.82, 2.24) is 10.3 Å². The molecule has 1 aromatic heterocycles. The zero-order chi connectivity index (χ0) is 15.9. The number of hydrogen-bond donors (Lipinski definition) is 1. The molecule has 0 bridgehead atoms. The molecule has 0 unspecified atom stereocenters. The fraction of sp³-hybridized carbons (Fsp3) is 0.333. The molecular weight excluding hydrogens is 276 g/mol. The lowest BCUT2D eigenvalue weighted by Crippen LogP contribution is -2.25. The van der Waals surface area contributed by atoms with E-state index in [0.717, 1.165) is 6.42 Å². The number of carbonyl (C=O) groups is 1. The minimum atomic E-state index is -0.115.